The molecule has 130 valence electrons. The summed E-state index contributed by atoms with van der Waals surface area (Å²) in [5.74, 6) is -0.122. The molecule has 6 heteroatoms. The molecule has 0 aliphatic heterocycles. The van der Waals surface area contributed by atoms with Crippen LogP contribution in [0.4, 0.5) is 0 Å². The number of amides is 1. The van der Waals surface area contributed by atoms with E-state index in [1.807, 2.05) is 18.4 Å². The average molecular weight is 383 g/mol. The predicted molar refractivity (Wildman–Crippen MR) is 106 cm³/mol. The molecule has 0 aliphatic carbocycles. The van der Waals surface area contributed by atoms with Gasteiger partial charge in [-0.15, -0.1) is 11.8 Å². The molecule has 0 saturated heterocycles. The number of carbonyl (C=O) groups is 1. The first-order valence-corrected chi connectivity index (χ1v) is 10.5. The molecule has 0 saturated carbocycles. The van der Waals surface area contributed by atoms with E-state index in [-0.39, 0.29) is 11.9 Å². The van der Waals surface area contributed by atoms with E-state index >= 15 is 0 Å². The number of halogens is 1. The van der Waals surface area contributed by atoms with Crippen molar-refractivity contribution in [2.24, 2.45) is 0 Å². The standard InChI is InChI=1S/C18H23ClN2OS2/c1-4-21(5-2)17(13-8-9-24-12-13)11-20-18(22)15-10-14(23-3)6-7-16(15)19/h6-10,12,17H,4-5,11H2,1-3H3,(H,20,22). The Morgan fingerprint density at radius 1 is 1.33 bits per heavy atom. The van der Waals surface area contributed by atoms with Crippen molar-refractivity contribution in [3.63, 3.8) is 0 Å². The Bertz CT molecular complexity index is 657. The zero-order valence-corrected chi connectivity index (χ0v) is 16.6. The van der Waals surface area contributed by atoms with Gasteiger partial charge in [0.15, 0.2) is 0 Å². The molecule has 24 heavy (non-hydrogen) atoms. The second-order valence-electron chi connectivity index (χ2n) is 5.35. The van der Waals surface area contributed by atoms with Gasteiger partial charge in [0.1, 0.15) is 0 Å². The lowest BCUT2D eigenvalue weighted by Gasteiger charge is -2.29. The minimum absolute atomic E-state index is 0.122. The number of nitrogens with one attached hydrogen (secondary N) is 1. The van der Waals surface area contributed by atoms with E-state index in [9.17, 15) is 4.79 Å². The zero-order valence-electron chi connectivity index (χ0n) is 14.2. The Balaban J connectivity index is 2.13. The molecule has 1 aromatic carbocycles. The van der Waals surface area contributed by atoms with Gasteiger partial charge in [-0.1, -0.05) is 25.4 Å². The van der Waals surface area contributed by atoms with Gasteiger partial charge >= 0.3 is 0 Å². The van der Waals surface area contributed by atoms with Crippen LogP contribution in [0.5, 0.6) is 0 Å². The van der Waals surface area contributed by atoms with Crippen molar-refractivity contribution >= 4 is 40.6 Å². The van der Waals surface area contributed by atoms with Crippen LogP contribution in [0, 0.1) is 0 Å². The van der Waals surface area contributed by atoms with Crippen LogP contribution >= 0.6 is 34.7 Å². The molecule has 0 bridgehead atoms. The van der Waals surface area contributed by atoms with Gasteiger partial charge in [0.05, 0.1) is 16.6 Å². The lowest BCUT2D eigenvalue weighted by atomic mass is 10.1. The molecule has 1 atom stereocenters. The predicted octanol–water partition coefficient (Wildman–Crippen LogP) is 4.94. The van der Waals surface area contributed by atoms with Gasteiger partial charge in [0, 0.05) is 11.4 Å². The number of carbonyl (C=O) groups excluding carboxylic acids is 1. The van der Waals surface area contributed by atoms with Crippen molar-refractivity contribution < 1.29 is 4.79 Å². The highest BCUT2D eigenvalue weighted by Gasteiger charge is 2.20. The molecule has 1 heterocycles. The van der Waals surface area contributed by atoms with E-state index in [0.717, 1.165) is 18.0 Å². The normalized spacial score (nSPS) is 12.4. The van der Waals surface area contributed by atoms with Gasteiger partial charge in [-0.25, -0.2) is 0 Å². The van der Waals surface area contributed by atoms with Gasteiger partial charge in [-0.2, -0.15) is 11.3 Å². The van der Waals surface area contributed by atoms with Crippen molar-refractivity contribution in [3.05, 3.63) is 51.2 Å². The van der Waals surface area contributed by atoms with Gasteiger partial charge in [-0.3, -0.25) is 9.69 Å². The Morgan fingerprint density at radius 2 is 2.08 bits per heavy atom. The van der Waals surface area contributed by atoms with Crippen LogP contribution in [0.2, 0.25) is 5.02 Å². The topological polar surface area (TPSA) is 32.3 Å². The number of likely N-dealkylation sites (N-methyl/N-ethyl adjacent to an activating group) is 1. The summed E-state index contributed by atoms with van der Waals surface area (Å²) >= 11 is 9.48. The zero-order chi connectivity index (χ0) is 17.5. The second-order valence-corrected chi connectivity index (χ2v) is 7.42. The Kier molecular flexibility index (Phi) is 7.62. The fourth-order valence-electron chi connectivity index (χ4n) is 2.68. The molecule has 1 aromatic heterocycles. The highest BCUT2D eigenvalue weighted by Crippen LogP contribution is 2.25. The first-order chi connectivity index (χ1) is 11.6. The summed E-state index contributed by atoms with van der Waals surface area (Å²) in [5, 5.41) is 7.77. The quantitative estimate of drug-likeness (QED) is 0.656. The van der Waals surface area contributed by atoms with Crippen LogP contribution in [-0.2, 0) is 0 Å². The highest BCUT2D eigenvalue weighted by molar-refractivity contribution is 7.98. The number of hydrogen-bond acceptors (Lipinski definition) is 4. The maximum atomic E-state index is 12.6. The van der Waals surface area contributed by atoms with Crippen LogP contribution in [0.15, 0.2) is 39.9 Å². The Morgan fingerprint density at radius 3 is 2.67 bits per heavy atom. The maximum Gasteiger partial charge on any atom is 0.252 e. The van der Waals surface area contributed by atoms with Crippen LogP contribution in [0.3, 0.4) is 0 Å². The summed E-state index contributed by atoms with van der Waals surface area (Å²) in [5.41, 5.74) is 1.78. The maximum absolute atomic E-state index is 12.6. The average Bonchev–Trinajstić information content (AvgIpc) is 3.13. The third-order valence-electron chi connectivity index (χ3n) is 4.06. The number of benzene rings is 1. The van der Waals surface area contributed by atoms with Crippen LogP contribution < -0.4 is 5.32 Å². The third-order valence-corrected chi connectivity index (χ3v) is 5.81. The van der Waals surface area contributed by atoms with Crippen molar-refractivity contribution in [1.82, 2.24) is 10.2 Å². The van der Waals surface area contributed by atoms with Crippen molar-refractivity contribution in [1.29, 1.82) is 0 Å². The summed E-state index contributed by atoms with van der Waals surface area (Å²) in [6, 6.07) is 7.86. The van der Waals surface area contributed by atoms with Crippen molar-refractivity contribution in [3.8, 4) is 0 Å². The van der Waals surface area contributed by atoms with E-state index in [1.165, 1.54) is 5.56 Å². The molecule has 0 spiro atoms. The molecule has 2 rings (SSSR count). The van der Waals surface area contributed by atoms with Crippen LogP contribution in [0.1, 0.15) is 35.8 Å². The fourth-order valence-corrected chi connectivity index (χ4v) is 4.03. The molecular weight excluding hydrogens is 360 g/mol. The highest BCUT2D eigenvalue weighted by atomic mass is 35.5. The fraction of sp³-hybridized carbons (Fsp3) is 0.389. The summed E-state index contributed by atoms with van der Waals surface area (Å²) in [6.45, 7) is 6.73. The summed E-state index contributed by atoms with van der Waals surface area (Å²) in [7, 11) is 0. The van der Waals surface area contributed by atoms with Crippen LogP contribution in [-0.4, -0.2) is 36.7 Å². The lowest BCUT2D eigenvalue weighted by Crippen LogP contribution is -2.38. The monoisotopic (exact) mass is 382 g/mol. The van der Waals surface area contributed by atoms with Gasteiger partial charge in [-0.05, 0) is 59.9 Å². The Hall–Kier alpha value is -1.01. The van der Waals surface area contributed by atoms with Gasteiger partial charge in [0.2, 0.25) is 0 Å². The third kappa shape index (κ3) is 4.76. The minimum Gasteiger partial charge on any atom is -0.350 e. The van der Waals surface area contributed by atoms with E-state index in [2.05, 4.69) is 40.9 Å². The minimum atomic E-state index is -0.122. The molecule has 1 N–H and O–H groups in total. The van der Waals surface area contributed by atoms with E-state index < -0.39 is 0 Å². The van der Waals surface area contributed by atoms with Gasteiger partial charge < -0.3 is 5.32 Å². The summed E-state index contributed by atoms with van der Waals surface area (Å²) in [6.07, 6.45) is 1.98. The Labute approximate surface area is 157 Å². The molecule has 0 radical (unpaired) electrons. The SMILES string of the molecule is CCN(CC)C(CNC(=O)c1cc(SC)ccc1Cl)c1ccsc1. The van der Waals surface area contributed by atoms with Crippen molar-refractivity contribution in [2.45, 2.75) is 24.8 Å². The number of thioether (sulfide) groups is 1. The molecular formula is C18H23ClN2OS2. The van der Waals surface area contributed by atoms with E-state index in [4.69, 9.17) is 11.6 Å². The second kappa shape index (κ2) is 9.47. The molecule has 3 nitrogen and oxygen atoms in total. The molecule has 0 fully saturated rings. The molecule has 0 aliphatic rings. The van der Waals surface area contributed by atoms with E-state index in [0.29, 0.717) is 17.1 Å². The lowest BCUT2D eigenvalue weighted by molar-refractivity contribution is 0.0935. The number of hydrogen-bond donors (Lipinski definition) is 1. The van der Waals surface area contributed by atoms with E-state index in [1.54, 1.807) is 29.2 Å². The largest absolute Gasteiger partial charge is 0.350 e. The van der Waals surface area contributed by atoms with Crippen molar-refractivity contribution in [2.75, 3.05) is 25.9 Å². The first kappa shape index (κ1) is 19.3. The summed E-state index contributed by atoms with van der Waals surface area (Å²) < 4.78 is 0. The number of thiophene rings is 1. The first-order valence-electron chi connectivity index (χ1n) is 7.98. The van der Waals surface area contributed by atoms with Gasteiger partial charge in [0.25, 0.3) is 5.91 Å². The smallest absolute Gasteiger partial charge is 0.252 e. The molecule has 1 amide bonds. The summed E-state index contributed by atoms with van der Waals surface area (Å²) in [4.78, 5) is 16.0. The molecule has 2 aromatic rings. The van der Waals surface area contributed by atoms with Crippen LogP contribution in [0.25, 0.3) is 0 Å². The number of rotatable bonds is 8. The molecule has 1 unspecified atom stereocenters. The number of nitrogens with zero attached hydrogens (tertiary/aromatic N) is 1.